The number of carbonyl (C=O) groups is 1. The third-order valence-electron chi connectivity index (χ3n) is 3.77. The van der Waals surface area contributed by atoms with Crippen molar-refractivity contribution in [2.24, 2.45) is 0 Å². The van der Waals surface area contributed by atoms with E-state index in [2.05, 4.69) is 10.2 Å². The van der Waals surface area contributed by atoms with Gasteiger partial charge in [-0.1, -0.05) is 24.3 Å². The van der Waals surface area contributed by atoms with Crippen molar-refractivity contribution in [2.75, 3.05) is 31.8 Å². The summed E-state index contributed by atoms with van der Waals surface area (Å²) in [5, 5.41) is 2.88. The van der Waals surface area contributed by atoms with E-state index < -0.39 is 0 Å². The fourth-order valence-corrected chi connectivity index (χ4v) is 2.41. The Morgan fingerprint density at radius 2 is 1.96 bits per heavy atom. The summed E-state index contributed by atoms with van der Waals surface area (Å²) in [6, 6.07) is 15.7. The first-order chi connectivity index (χ1) is 11.7. The number of hydrogen-bond donors (Lipinski definition) is 1. The number of para-hydroxylation sites is 1. The van der Waals surface area contributed by atoms with Crippen LogP contribution in [0.4, 0.5) is 5.69 Å². The third kappa shape index (κ3) is 4.07. The van der Waals surface area contributed by atoms with E-state index in [0.717, 1.165) is 23.5 Å². The Labute approximate surface area is 141 Å². The molecule has 5 nitrogen and oxygen atoms in total. The molecule has 2 aromatic carbocycles. The molecule has 1 aliphatic heterocycles. The molecule has 1 aliphatic rings. The van der Waals surface area contributed by atoms with Gasteiger partial charge in [0.25, 0.3) is 0 Å². The molecule has 0 saturated carbocycles. The van der Waals surface area contributed by atoms with Gasteiger partial charge in [0.05, 0.1) is 0 Å². The minimum absolute atomic E-state index is 0.117. The van der Waals surface area contributed by atoms with Crippen molar-refractivity contribution < 1.29 is 14.3 Å². The maximum atomic E-state index is 11.9. The first-order valence-electron chi connectivity index (χ1n) is 7.84. The quantitative estimate of drug-likeness (QED) is 0.830. The Morgan fingerprint density at radius 3 is 2.79 bits per heavy atom. The van der Waals surface area contributed by atoms with Gasteiger partial charge in [-0.15, -0.1) is 0 Å². The highest BCUT2D eigenvalue weighted by Gasteiger charge is 2.12. The zero-order chi connectivity index (χ0) is 16.8. The second-order valence-corrected chi connectivity index (χ2v) is 5.49. The SMILES string of the molecule is CN(CCNC(=O)C=Cc1ccc2c(c1)OCO2)c1ccccc1. The van der Waals surface area contributed by atoms with Crippen LogP contribution < -0.4 is 19.7 Å². The Hall–Kier alpha value is -2.95. The highest BCUT2D eigenvalue weighted by Crippen LogP contribution is 2.32. The molecule has 0 radical (unpaired) electrons. The Balaban J connectivity index is 1.45. The monoisotopic (exact) mass is 324 g/mol. The first kappa shape index (κ1) is 15.9. The molecule has 2 aromatic rings. The van der Waals surface area contributed by atoms with Gasteiger partial charge < -0.3 is 19.7 Å². The average molecular weight is 324 g/mol. The highest BCUT2D eigenvalue weighted by atomic mass is 16.7. The van der Waals surface area contributed by atoms with Crippen LogP contribution in [0.2, 0.25) is 0 Å². The molecule has 1 heterocycles. The van der Waals surface area contributed by atoms with Gasteiger partial charge in [-0.3, -0.25) is 4.79 Å². The first-order valence-corrected chi connectivity index (χ1v) is 7.84. The van der Waals surface area contributed by atoms with E-state index in [9.17, 15) is 4.79 Å². The number of nitrogens with zero attached hydrogens (tertiary/aromatic N) is 1. The van der Waals surface area contributed by atoms with Crippen molar-refractivity contribution in [2.45, 2.75) is 0 Å². The van der Waals surface area contributed by atoms with Crippen LogP contribution in [0.3, 0.4) is 0 Å². The van der Waals surface area contributed by atoms with Crippen LogP contribution in [0, 0.1) is 0 Å². The standard InChI is InChI=1S/C19H20N2O3/c1-21(16-5-3-2-4-6-16)12-11-20-19(22)10-8-15-7-9-17-18(13-15)24-14-23-17/h2-10,13H,11-12,14H2,1H3,(H,20,22). The number of likely N-dealkylation sites (N-methyl/N-ethyl adjacent to an activating group) is 1. The molecule has 1 N–H and O–H groups in total. The predicted molar refractivity (Wildman–Crippen MR) is 94.3 cm³/mol. The zero-order valence-electron chi connectivity index (χ0n) is 13.6. The van der Waals surface area contributed by atoms with E-state index in [-0.39, 0.29) is 12.7 Å². The van der Waals surface area contributed by atoms with Crippen LogP contribution in [0.5, 0.6) is 11.5 Å². The number of fused-ring (bicyclic) bond motifs is 1. The molecule has 0 unspecified atom stereocenters. The number of anilines is 1. The lowest BCUT2D eigenvalue weighted by Crippen LogP contribution is -2.31. The molecule has 0 fully saturated rings. The summed E-state index contributed by atoms with van der Waals surface area (Å²) in [7, 11) is 2.00. The minimum atomic E-state index is -0.117. The van der Waals surface area contributed by atoms with E-state index in [1.807, 2.05) is 55.6 Å². The topological polar surface area (TPSA) is 50.8 Å². The molecule has 0 saturated heterocycles. The van der Waals surface area contributed by atoms with E-state index in [4.69, 9.17) is 9.47 Å². The van der Waals surface area contributed by atoms with Gasteiger partial charge in [-0.2, -0.15) is 0 Å². The van der Waals surface area contributed by atoms with Crippen LogP contribution in [-0.4, -0.2) is 32.8 Å². The summed E-state index contributed by atoms with van der Waals surface area (Å²) >= 11 is 0. The fourth-order valence-electron chi connectivity index (χ4n) is 2.41. The minimum Gasteiger partial charge on any atom is -0.454 e. The normalized spacial score (nSPS) is 12.4. The maximum absolute atomic E-state index is 11.9. The molecular formula is C19H20N2O3. The highest BCUT2D eigenvalue weighted by molar-refractivity contribution is 5.91. The van der Waals surface area contributed by atoms with Gasteiger partial charge in [0.15, 0.2) is 11.5 Å². The molecule has 0 aromatic heterocycles. The number of rotatable bonds is 6. The van der Waals surface area contributed by atoms with Gasteiger partial charge >= 0.3 is 0 Å². The lowest BCUT2D eigenvalue weighted by Gasteiger charge is -2.19. The van der Waals surface area contributed by atoms with Gasteiger partial charge in [0.1, 0.15) is 0 Å². The number of carbonyl (C=O) groups excluding carboxylic acids is 1. The van der Waals surface area contributed by atoms with Crippen molar-refractivity contribution in [3.05, 3.63) is 60.2 Å². The van der Waals surface area contributed by atoms with Gasteiger partial charge in [-0.25, -0.2) is 0 Å². The zero-order valence-corrected chi connectivity index (χ0v) is 13.6. The summed E-state index contributed by atoms with van der Waals surface area (Å²) in [6.07, 6.45) is 3.29. The Kier molecular flexibility index (Phi) is 5.01. The molecule has 1 amide bonds. The van der Waals surface area contributed by atoms with E-state index >= 15 is 0 Å². The number of hydrogen-bond acceptors (Lipinski definition) is 4. The number of nitrogens with one attached hydrogen (secondary N) is 1. The molecule has 5 heteroatoms. The number of ether oxygens (including phenoxy) is 2. The molecule has 0 bridgehead atoms. The van der Waals surface area contributed by atoms with Crippen molar-refractivity contribution >= 4 is 17.7 Å². The van der Waals surface area contributed by atoms with Crippen LogP contribution in [0.1, 0.15) is 5.56 Å². The number of amides is 1. The van der Waals surface area contributed by atoms with Gasteiger partial charge in [0.2, 0.25) is 12.7 Å². The van der Waals surface area contributed by atoms with E-state index in [1.165, 1.54) is 6.08 Å². The van der Waals surface area contributed by atoms with Gasteiger partial charge in [0, 0.05) is 31.9 Å². The largest absolute Gasteiger partial charge is 0.454 e. The van der Waals surface area contributed by atoms with Crippen molar-refractivity contribution in [1.82, 2.24) is 5.32 Å². The summed E-state index contributed by atoms with van der Waals surface area (Å²) in [5.41, 5.74) is 2.03. The van der Waals surface area contributed by atoms with Crippen molar-refractivity contribution in [3.63, 3.8) is 0 Å². The van der Waals surface area contributed by atoms with Crippen LogP contribution in [0.25, 0.3) is 6.08 Å². The molecule has 0 spiro atoms. The van der Waals surface area contributed by atoms with E-state index in [0.29, 0.717) is 12.3 Å². The van der Waals surface area contributed by atoms with Gasteiger partial charge in [-0.05, 0) is 35.9 Å². The number of benzene rings is 2. The summed E-state index contributed by atoms with van der Waals surface area (Å²) in [5.74, 6) is 1.33. The maximum Gasteiger partial charge on any atom is 0.244 e. The third-order valence-corrected chi connectivity index (χ3v) is 3.77. The molecule has 0 atom stereocenters. The predicted octanol–water partition coefficient (Wildman–Crippen LogP) is 2.68. The molecular weight excluding hydrogens is 304 g/mol. The fraction of sp³-hybridized carbons (Fsp3) is 0.211. The van der Waals surface area contributed by atoms with E-state index in [1.54, 1.807) is 6.08 Å². The lowest BCUT2D eigenvalue weighted by molar-refractivity contribution is -0.116. The Morgan fingerprint density at radius 1 is 1.17 bits per heavy atom. The molecule has 124 valence electrons. The molecule has 0 aliphatic carbocycles. The van der Waals surface area contributed by atoms with Crippen molar-refractivity contribution in [1.29, 1.82) is 0 Å². The summed E-state index contributed by atoms with van der Waals surface area (Å²) in [4.78, 5) is 14.0. The van der Waals surface area contributed by atoms with Crippen LogP contribution in [-0.2, 0) is 4.79 Å². The van der Waals surface area contributed by atoms with Crippen molar-refractivity contribution in [3.8, 4) is 11.5 Å². The summed E-state index contributed by atoms with van der Waals surface area (Å²) in [6.45, 7) is 1.57. The smallest absolute Gasteiger partial charge is 0.244 e. The Bertz CT molecular complexity index is 729. The summed E-state index contributed by atoms with van der Waals surface area (Å²) < 4.78 is 10.6. The lowest BCUT2D eigenvalue weighted by atomic mass is 10.2. The molecule has 3 rings (SSSR count). The second kappa shape index (κ2) is 7.55. The molecule has 24 heavy (non-hydrogen) atoms. The second-order valence-electron chi connectivity index (χ2n) is 5.49. The van der Waals surface area contributed by atoms with Crippen LogP contribution in [0.15, 0.2) is 54.6 Å². The van der Waals surface area contributed by atoms with Crippen LogP contribution >= 0.6 is 0 Å². The average Bonchev–Trinajstić information content (AvgIpc) is 3.08.